The van der Waals surface area contributed by atoms with Gasteiger partial charge in [0.25, 0.3) is 0 Å². The van der Waals surface area contributed by atoms with E-state index in [-0.39, 0.29) is 16.5 Å². The molecule has 0 fully saturated rings. The molecule has 3 nitrogen and oxygen atoms in total. The van der Waals surface area contributed by atoms with Gasteiger partial charge in [-0.05, 0) is 18.2 Å². The standard InChI is InChI=1S/C10H5BrFNO2/c11-5-3-7-6(10(14)15)1-2-13-9(7)8(12)4-5/h1-4H,(H,14,15). The summed E-state index contributed by atoms with van der Waals surface area (Å²) < 4.78 is 13.9. The van der Waals surface area contributed by atoms with Crippen molar-refractivity contribution in [3.05, 3.63) is 40.2 Å². The van der Waals surface area contributed by atoms with Gasteiger partial charge in [-0.1, -0.05) is 15.9 Å². The predicted octanol–water partition coefficient (Wildman–Crippen LogP) is 2.83. The third kappa shape index (κ3) is 1.70. The highest BCUT2D eigenvalue weighted by atomic mass is 79.9. The molecule has 0 amide bonds. The van der Waals surface area contributed by atoms with E-state index in [4.69, 9.17) is 5.11 Å². The topological polar surface area (TPSA) is 50.2 Å². The lowest BCUT2D eigenvalue weighted by molar-refractivity contribution is 0.0699. The zero-order chi connectivity index (χ0) is 11.0. The van der Waals surface area contributed by atoms with Crippen molar-refractivity contribution in [2.45, 2.75) is 0 Å². The monoisotopic (exact) mass is 269 g/mol. The van der Waals surface area contributed by atoms with E-state index in [1.54, 1.807) is 0 Å². The van der Waals surface area contributed by atoms with Gasteiger partial charge in [0.1, 0.15) is 5.52 Å². The highest BCUT2D eigenvalue weighted by molar-refractivity contribution is 9.10. The van der Waals surface area contributed by atoms with E-state index in [0.29, 0.717) is 4.47 Å². The molecule has 1 aromatic carbocycles. The molecule has 0 saturated carbocycles. The Balaban J connectivity index is 2.91. The van der Waals surface area contributed by atoms with Gasteiger partial charge in [-0.15, -0.1) is 0 Å². The number of hydrogen-bond donors (Lipinski definition) is 1. The van der Waals surface area contributed by atoms with Crippen LogP contribution in [0.15, 0.2) is 28.9 Å². The lowest BCUT2D eigenvalue weighted by atomic mass is 10.1. The van der Waals surface area contributed by atoms with Crippen LogP contribution in [0, 0.1) is 5.82 Å². The number of nitrogens with zero attached hydrogens (tertiary/aromatic N) is 1. The van der Waals surface area contributed by atoms with Crippen LogP contribution in [0.4, 0.5) is 4.39 Å². The third-order valence-electron chi connectivity index (χ3n) is 1.99. The summed E-state index contributed by atoms with van der Waals surface area (Å²) in [5.41, 5.74) is 0.110. The number of benzene rings is 1. The van der Waals surface area contributed by atoms with E-state index in [9.17, 15) is 9.18 Å². The van der Waals surface area contributed by atoms with Crippen LogP contribution in [0.1, 0.15) is 10.4 Å². The smallest absolute Gasteiger partial charge is 0.336 e. The molecule has 2 aromatic rings. The van der Waals surface area contributed by atoms with Gasteiger partial charge in [0.15, 0.2) is 5.82 Å². The number of aromatic nitrogens is 1. The van der Waals surface area contributed by atoms with Gasteiger partial charge in [0.2, 0.25) is 0 Å². The molecule has 0 aliphatic heterocycles. The SMILES string of the molecule is O=C(O)c1ccnc2c(F)cc(Br)cc12. The molecule has 0 spiro atoms. The normalized spacial score (nSPS) is 10.5. The van der Waals surface area contributed by atoms with Crippen molar-refractivity contribution in [3.63, 3.8) is 0 Å². The lowest BCUT2D eigenvalue weighted by Gasteiger charge is -2.03. The molecular formula is C10H5BrFNO2. The Morgan fingerprint density at radius 2 is 2.20 bits per heavy atom. The van der Waals surface area contributed by atoms with Gasteiger partial charge in [0, 0.05) is 16.1 Å². The quantitative estimate of drug-likeness (QED) is 0.866. The maximum atomic E-state index is 13.4. The number of halogens is 2. The van der Waals surface area contributed by atoms with Crippen LogP contribution in [0.3, 0.4) is 0 Å². The van der Waals surface area contributed by atoms with E-state index in [0.717, 1.165) is 0 Å². The Hall–Kier alpha value is -1.49. The first-order chi connectivity index (χ1) is 7.09. The van der Waals surface area contributed by atoms with Crippen molar-refractivity contribution >= 4 is 32.8 Å². The minimum absolute atomic E-state index is 0.0419. The molecule has 1 aromatic heterocycles. The summed E-state index contributed by atoms with van der Waals surface area (Å²) in [5.74, 6) is -1.64. The zero-order valence-corrected chi connectivity index (χ0v) is 8.95. The molecule has 5 heteroatoms. The molecule has 0 aliphatic rings. The van der Waals surface area contributed by atoms with Crippen molar-refractivity contribution in [1.82, 2.24) is 4.98 Å². The maximum Gasteiger partial charge on any atom is 0.336 e. The lowest BCUT2D eigenvalue weighted by Crippen LogP contribution is -1.99. The number of fused-ring (bicyclic) bond motifs is 1. The summed E-state index contributed by atoms with van der Waals surface area (Å²) in [5, 5.41) is 9.19. The van der Waals surface area contributed by atoms with Crippen LogP contribution < -0.4 is 0 Å². The van der Waals surface area contributed by atoms with E-state index in [1.807, 2.05) is 0 Å². The van der Waals surface area contributed by atoms with Crippen LogP contribution in [0.5, 0.6) is 0 Å². The Labute approximate surface area is 92.7 Å². The molecule has 0 bridgehead atoms. The molecule has 1 heterocycles. The summed E-state index contributed by atoms with van der Waals surface area (Å²) in [7, 11) is 0. The number of carboxylic acids is 1. The highest BCUT2D eigenvalue weighted by Gasteiger charge is 2.12. The second-order valence-corrected chi connectivity index (χ2v) is 3.86. The number of hydrogen-bond acceptors (Lipinski definition) is 2. The Morgan fingerprint density at radius 3 is 2.87 bits per heavy atom. The van der Waals surface area contributed by atoms with Crippen molar-refractivity contribution in [2.75, 3.05) is 0 Å². The summed E-state index contributed by atoms with van der Waals surface area (Å²) in [6.45, 7) is 0. The van der Waals surface area contributed by atoms with E-state index in [1.165, 1.54) is 24.4 Å². The van der Waals surface area contributed by atoms with Gasteiger partial charge in [-0.2, -0.15) is 0 Å². The number of rotatable bonds is 1. The fraction of sp³-hybridized carbons (Fsp3) is 0. The highest BCUT2D eigenvalue weighted by Crippen LogP contribution is 2.24. The molecule has 2 rings (SSSR count). The average molecular weight is 270 g/mol. The second kappa shape index (κ2) is 3.58. The van der Waals surface area contributed by atoms with Crippen LogP contribution in [-0.4, -0.2) is 16.1 Å². The molecular weight excluding hydrogens is 265 g/mol. The average Bonchev–Trinajstić information content (AvgIpc) is 2.16. The molecule has 0 atom stereocenters. The Morgan fingerprint density at radius 1 is 1.47 bits per heavy atom. The summed E-state index contributed by atoms with van der Waals surface area (Å²) in [4.78, 5) is 14.7. The summed E-state index contributed by atoms with van der Waals surface area (Å²) in [6.07, 6.45) is 1.28. The first kappa shape index (κ1) is 10.0. The number of carbonyl (C=O) groups is 1. The Bertz CT molecular complexity index is 556. The summed E-state index contributed by atoms with van der Waals surface area (Å²) >= 11 is 3.11. The largest absolute Gasteiger partial charge is 0.478 e. The van der Waals surface area contributed by atoms with Gasteiger partial charge in [-0.3, -0.25) is 4.98 Å². The molecule has 0 radical (unpaired) electrons. The van der Waals surface area contributed by atoms with Crippen molar-refractivity contribution in [2.24, 2.45) is 0 Å². The van der Waals surface area contributed by atoms with Gasteiger partial charge >= 0.3 is 5.97 Å². The fourth-order valence-electron chi connectivity index (χ4n) is 1.37. The van der Waals surface area contributed by atoms with Crippen molar-refractivity contribution in [3.8, 4) is 0 Å². The van der Waals surface area contributed by atoms with Crippen LogP contribution >= 0.6 is 15.9 Å². The zero-order valence-electron chi connectivity index (χ0n) is 7.37. The van der Waals surface area contributed by atoms with Gasteiger partial charge in [0.05, 0.1) is 5.56 Å². The minimum atomic E-state index is -1.10. The van der Waals surface area contributed by atoms with Crippen LogP contribution in [-0.2, 0) is 0 Å². The summed E-state index contributed by atoms with van der Waals surface area (Å²) in [6, 6.07) is 4.13. The second-order valence-electron chi connectivity index (χ2n) is 2.95. The molecule has 15 heavy (non-hydrogen) atoms. The number of aromatic carboxylic acids is 1. The molecule has 0 aliphatic carbocycles. The van der Waals surface area contributed by atoms with Crippen LogP contribution in [0.2, 0.25) is 0 Å². The van der Waals surface area contributed by atoms with Gasteiger partial charge < -0.3 is 5.11 Å². The first-order valence-electron chi connectivity index (χ1n) is 4.06. The molecule has 0 unspecified atom stereocenters. The molecule has 76 valence electrons. The fourth-order valence-corrected chi connectivity index (χ4v) is 1.80. The Kier molecular flexibility index (Phi) is 2.40. The number of carboxylic acid groups (broad SMARTS) is 1. The van der Waals surface area contributed by atoms with E-state index < -0.39 is 11.8 Å². The van der Waals surface area contributed by atoms with Crippen LogP contribution in [0.25, 0.3) is 10.9 Å². The molecule has 1 N–H and O–H groups in total. The maximum absolute atomic E-state index is 13.4. The number of pyridine rings is 1. The molecule has 0 saturated heterocycles. The predicted molar refractivity (Wildman–Crippen MR) is 56.4 cm³/mol. The van der Waals surface area contributed by atoms with Gasteiger partial charge in [-0.25, -0.2) is 9.18 Å². The van der Waals surface area contributed by atoms with E-state index >= 15 is 0 Å². The van der Waals surface area contributed by atoms with Crippen molar-refractivity contribution < 1.29 is 14.3 Å². The minimum Gasteiger partial charge on any atom is -0.478 e. The first-order valence-corrected chi connectivity index (χ1v) is 4.86. The van der Waals surface area contributed by atoms with Crippen molar-refractivity contribution in [1.29, 1.82) is 0 Å². The third-order valence-corrected chi connectivity index (χ3v) is 2.45. The van der Waals surface area contributed by atoms with E-state index in [2.05, 4.69) is 20.9 Å².